The van der Waals surface area contributed by atoms with Gasteiger partial charge < -0.3 is 0 Å². The predicted octanol–water partition coefficient (Wildman–Crippen LogP) is 0.471. The number of hydrogen-bond acceptors (Lipinski definition) is 3. The molecule has 2 unspecified atom stereocenters. The van der Waals surface area contributed by atoms with Crippen LogP contribution in [-0.2, 0) is 9.53 Å². The molecule has 11 heavy (non-hydrogen) atoms. The van der Waals surface area contributed by atoms with Crippen molar-refractivity contribution in [2.75, 3.05) is 6.61 Å². The van der Waals surface area contributed by atoms with Crippen LogP contribution in [0.2, 0.25) is 10.6 Å². The molecular formula is C7H14O3Se. The summed E-state index contributed by atoms with van der Waals surface area (Å²) in [5, 5.41) is 9.26. The van der Waals surface area contributed by atoms with Gasteiger partial charge in [-0.05, 0) is 0 Å². The average molecular weight is 225 g/mol. The monoisotopic (exact) mass is 226 g/mol. The molecule has 0 aromatic carbocycles. The van der Waals surface area contributed by atoms with Crippen LogP contribution in [0.3, 0.4) is 0 Å². The maximum atomic E-state index is 10.9. The third kappa shape index (κ3) is 3.75. The second-order valence-electron chi connectivity index (χ2n) is 2.14. The molecule has 1 N–H and O–H groups in total. The van der Waals surface area contributed by atoms with Crippen LogP contribution in [0.15, 0.2) is 0 Å². The molecule has 0 fully saturated rings. The van der Waals surface area contributed by atoms with Crippen molar-refractivity contribution in [1.82, 2.24) is 0 Å². The summed E-state index contributed by atoms with van der Waals surface area (Å²) in [6.45, 7) is 3.91. The summed E-state index contributed by atoms with van der Waals surface area (Å²) < 4.78 is 4.65. The van der Waals surface area contributed by atoms with Crippen molar-refractivity contribution < 1.29 is 14.6 Å². The molecule has 0 spiro atoms. The molecule has 0 bridgehead atoms. The number of hydrogen-bond donors (Lipinski definition) is 1. The summed E-state index contributed by atoms with van der Waals surface area (Å²) in [6, 6.07) is 0. The van der Waals surface area contributed by atoms with Gasteiger partial charge in [0.25, 0.3) is 0 Å². The Morgan fingerprint density at radius 2 is 2.27 bits per heavy atom. The van der Waals surface area contributed by atoms with Crippen LogP contribution in [0, 0.1) is 0 Å². The van der Waals surface area contributed by atoms with E-state index in [0.29, 0.717) is 6.61 Å². The molecule has 4 heteroatoms. The molecule has 0 aromatic heterocycles. The molecule has 0 saturated carbocycles. The van der Waals surface area contributed by atoms with Crippen molar-refractivity contribution in [1.29, 1.82) is 0 Å². The van der Waals surface area contributed by atoms with Crippen LogP contribution in [0.25, 0.3) is 0 Å². The third-order valence-corrected chi connectivity index (χ3v) is 3.45. The Bertz CT molecular complexity index is 127. The van der Waals surface area contributed by atoms with Crippen LogP contribution in [0.5, 0.6) is 0 Å². The normalized spacial score (nSPS) is 15.6. The van der Waals surface area contributed by atoms with E-state index >= 15 is 0 Å². The zero-order valence-corrected chi connectivity index (χ0v) is 8.75. The number of esters is 1. The maximum absolute atomic E-state index is 10.9. The fourth-order valence-electron chi connectivity index (χ4n) is 0.548. The van der Waals surface area contributed by atoms with E-state index in [-0.39, 0.29) is 19.8 Å². The van der Waals surface area contributed by atoms with Gasteiger partial charge >= 0.3 is 72.8 Å². The Morgan fingerprint density at radius 1 is 1.73 bits per heavy atom. The van der Waals surface area contributed by atoms with Gasteiger partial charge in [0.05, 0.1) is 0 Å². The molecule has 66 valence electrons. The molecule has 0 saturated heterocycles. The SMILES string of the molecule is CCOC(=O)C(O)C(C)[Se]C. The van der Waals surface area contributed by atoms with Gasteiger partial charge in [-0.2, -0.15) is 0 Å². The van der Waals surface area contributed by atoms with E-state index in [1.54, 1.807) is 6.92 Å². The van der Waals surface area contributed by atoms with E-state index in [1.165, 1.54) is 0 Å². The average Bonchev–Trinajstić information content (AvgIpc) is 2.02. The van der Waals surface area contributed by atoms with Crippen molar-refractivity contribution >= 4 is 20.9 Å². The molecule has 0 amide bonds. The number of carbonyl (C=O) groups excluding carboxylic acids is 1. The minimum atomic E-state index is -0.931. The summed E-state index contributed by atoms with van der Waals surface area (Å²) >= 11 is 0.284. The molecule has 0 rings (SSSR count). The van der Waals surface area contributed by atoms with Gasteiger partial charge in [-0.15, -0.1) is 0 Å². The first-order chi connectivity index (χ1) is 5.13. The first-order valence-electron chi connectivity index (χ1n) is 3.51. The minimum absolute atomic E-state index is 0.0431. The van der Waals surface area contributed by atoms with Gasteiger partial charge in [0, 0.05) is 0 Å². The summed E-state index contributed by atoms with van der Waals surface area (Å²) in [6.07, 6.45) is -0.931. The molecule has 2 atom stereocenters. The van der Waals surface area contributed by atoms with Crippen molar-refractivity contribution in [3.05, 3.63) is 0 Å². The van der Waals surface area contributed by atoms with Crippen LogP contribution in [0.4, 0.5) is 0 Å². The number of carbonyl (C=O) groups is 1. The van der Waals surface area contributed by atoms with Gasteiger partial charge in [0.2, 0.25) is 0 Å². The third-order valence-electron chi connectivity index (χ3n) is 1.34. The Balaban J connectivity index is 3.80. The number of ether oxygens (including phenoxy) is 1. The molecule has 0 radical (unpaired) electrons. The Labute approximate surface area is 73.3 Å². The van der Waals surface area contributed by atoms with Gasteiger partial charge in [-0.25, -0.2) is 0 Å². The van der Waals surface area contributed by atoms with Gasteiger partial charge in [0.15, 0.2) is 0 Å². The molecule has 0 aliphatic rings. The van der Waals surface area contributed by atoms with Crippen molar-refractivity contribution in [3.63, 3.8) is 0 Å². The fraction of sp³-hybridized carbons (Fsp3) is 0.857. The Hall–Kier alpha value is -0.0505. The standard InChI is InChI=1S/C7H14O3Se/c1-4-10-7(9)6(8)5(2)11-3/h5-6,8H,4H2,1-3H3. The summed E-state index contributed by atoms with van der Waals surface area (Å²) in [4.78, 5) is 10.9. The van der Waals surface area contributed by atoms with E-state index in [9.17, 15) is 9.90 Å². The Kier molecular flexibility index (Phi) is 5.56. The number of aliphatic hydroxyl groups is 1. The molecule has 0 aliphatic carbocycles. The van der Waals surface area contributed by atoms with Gasteiger partial charge in [-0.3, -0.25) is 0 Å². The quantitative estimate of drug-likeness (QED) is 0.559. The Morgan fingerprint density at radius 3 is 2.64 bits per heavy atom. The van der Waals surface area contributed by atoms with Gasteiger partial charge in [0.1, 0.15) is 0 Å². The second kappa shape index (κ2) is 5.58. The number of rotatable bonds is 4. The van der Waals surface area contributed by atoms with Crippen LogP contribution < -0.4 is 0 Å². The molecule has 0 aromatic rings. The van der Waals surface area contributed by atoms with Crippen LogP contribution in [-0.4, -0.2) is 38.7 Å². The number of aliphatic hydroxyl groups excluding tert-OH is 1. The van der Waals surface area contributed by atoms with Crippen molar-refractivity contribution in [2.45, 2.75) is 30.6 Å². The van der Waals surface area contributed by atoms with E-state index in [2.05, 4.69) is 4.74 Å². The van der Waals surface area contributed by atoms with Crippen LogP contribution >= 0.6 is 0 Å². The van der Waals surface area contributed by atoms with E-state index in [1.807, 2.05) is 12.7 Å². The van der Waals surface area contributed by atoms with E-state index in [0.717, 1.165) is 0 Å². The van der Waals surface area contributed by atoms with Gasteiger partial charge in [-0.1, -0.05) is 0 Å². The van der Waals surface area contributed by atoms with E-state index < -0.39 is 12.1 Å². The summed E-state index contributed by atoms with van der Waals surface area (Å²) in [5.41, 5.74) is 0. The topological polar surface area (TPSA) is 46.5 Å². The second-order valence-corrected chi connectivity index (χ2v) is 4.69. The molecule has 3 nitrogen and oxygen atoms in total. The summed E-state index contributed by atoms with van der Waals surface area (Å²) in [7, 11) is 0. The molecular weight excluding hydrogens is 211 g/mol. The van der Waals surface area contributed by atoms with E-state index in [4.69, 9.17) is 0 Å². The molecule has 0 heterocycles. The zero-order chi connectivity index (χ0) is 8.85. The van der Waals surface area contributed by atoms with Crippen molar-refractivity contribution in [2.24, 2.45) is 0 Å². The molecule has 0 aliphatic heterocycles. The zero-order valence-electron chi connectivity index (χ0n) is 7.03. The fourth-order valence-corrected chi connectivity index (χ4v) is 1.32. The van der Waals surface area contributed by atoms with Crippen molar-refractivity contribution in [3.8, 4) is 0 Å². The van der Waals surface area contributed by atoms with Crippen LogP contribution in [0.1, 0.15) is 13.8 Å². The summed E-state index contributed by atoms with van der Waals surface area (Å²) in [5.74, 6) is 1.49. The first kappa shape index (κ1) is 10.9. The predicted molar refractivity (Wildman–Crippen MR) is 43.7 cm³/mol. The first-order valence-corrected chi connectivity index (χ1v) is 6.21.